The van der Waals surface area contributed by atoms with Gasteiger partial charge in [0, 0.05) is 20.0 Å². The molecule has 0 radical (unpaired) electrons. The number of methoxy groups -OCH3 is 1. The molecule has 1 amide bonds. The van der Waals surface area contributed by atoms with E-state index < -0.39 is 17.9 Å². The molecule has 0 aliphatic carbocycles. The van der Waals surface area contributed by atoms with Gasteiger partial charge in [-0.2, -0.15) is 0 Å². The van der Waals surface area contributed by atoms with Crippen molar-refractivity contribution in [2.24, 2.45) is 0 Å². The van der Waals surface area contributed by atoms with E-state index in [-0.39, 0.29) is 19.0 Å². The minimum absolute atomic E-state index is 0.148. The zero-order valence-corrected chi connectivity index (χ0v) is 14.1. The minimum Gasteiger partial charge on any atom is -0.460 e. The summed E-state index contributed by atoms with van der Waals surface area (Å²) >= 11 is 0. The Hall–Kier alpha value is -2.08. The highest BCUT2D eigenvalue weighted by Crippen LogP contribution is 2.10. The average Bonchev–Trinajstić information content (AvgIpc) is 2.48. The van der Waals surface area contributed by atoms with E-state index in [9.17, 15) is 9.59 Å². The number of alkyl carbamates (subject to hydrolysis) is 1. The molecule has 0 bridgehead atoms. The van der Waals surface area contributed by atoms with Crippen LogP contribution in [0.4, 0.5) is 4.79 Å². The van der Waals surface area contributed by atoms with Gasteiger partial charge >= 0.3 is 12.1 Å². The van der Waals surface area contributed by atoms with Crippen LogP contribution in [0.3, 0.4) is 0 Å². The highest BCUT2D eigenvalue weighted by molar-refractivity contribution is 5.70. The Balaban J connectivity index is 2.32. The Morgan fingerprint density at radius 3 is 2.39 bits per heavy atom. The van der Waals surface area contributed by atoms with E-state index in [4.69, 9.17) is 14.2 Å². The third-order valence-electron chi connectivity index (χ3n) is 2.81. The van der Waals surface area contributed by atoms with E-state index in [1.54, 1.807) is 20.8 Å². The molecule has 0 spiro atoms. The number of hydrogen-bond donors (Lipinski definition) is 1. The molecule has 1 rings (SSSR count). The topological polar surface area (TPSA) is 73.9 Å². The maximum atomic E-state index is 11.7. The summed E-state index contributed by atoms with van der Waals surface area (Å²) in [5, 5.41) is 2.56. The first-order valence-corrected chi connectivity index (χ1v) is 7.52. The number of ether oxygens (including phenoxy) is 3. The van der Waals surface area contributed by atoms with Crippen molar-refractivity contribution in [1.82, 2.24) is 5.32 Å². The Kier molecular flexibility index (Phi) is 7.54. The summed E-state index contributed by atoms with van der Waals surface area (Å²) in [5.74, 6) is -0.334. The highest BCUT2D eigenvalue weighted by Gasteiger charge is 2.19. The van der Waals surface area contributed by atoms with E-state index in [0.29, 0.717) is 6.42 Å². The molecule has 6 heteroatoms. The number of hydrogen-bond acceptors (Lipinski definition) is 5. The summed E-state index contributed by atoms with van der Waals surface area (Å²) in [6, 6.07) is 9.36. The normalized spacial score (nSPS) is 12.3. The third-order valence-corrected chi connectivity index (χ3v) is 2.81. The summed E-state index contributed by atoms with van der Waals surface area (Å²) in [6.07, 6.45) is -0.740. The summed E-state index contributed by atoms with van der Waals surface area (Å²) in [6.45, 7) is 5.59. The maximum Gasteiger partial charge on any atom is 0.409 e. The van der Waals surface area contributed by atoms with Crippen LogP contribution in [0.25, 0.3) is 0 Å². The first kappa shape index (κ1) is 19.0. The smallest absolute Gasteiger partial charge is 0.409 e. The van der Waals surface area contributed by atoms with Crippen LogP contribution >= 0.6 is 0 Å². The van der Waals surface area contributed by atoms with Crippen molar-refractivity contribution in [3.63, 3.8) is 0 Å². The fourth-order valence-corrected chi connectivity index (χ4v) is 1.79. The van der Waals surface area contributed by atoms with Crippen molar-refractivity contribution in [2.75, 3.05) is 7.11 Å². The van der Waals surface area contributed by atoms with Crippen LogP contribution in [-0.4, -0.2) is 31.0 Å². The second-order valence-corrected chi connectivity index (χ2v) is 6.06. The maximum absolute atomic E-state index is 11.7. The Morgan fingerprint density at radius 1 is 1.17 bits per heavy atom. The van der Waals surface area contributed by atoms with Gasteiger partial charge in [-0.3, -0.25) is 10.1 Å². The number of carbonyl (C=O) groups excluding carboxylic acids is 2. The van der Waals surface area contributed by atoms with E-state index in [1.165, 1.54) is 7.11 Å². The van der Waals surface area contributed by atoms with Gasteiger partial charge in [-0.15, -0.1) is 0 Å². The molecule has 128 valence electrons. The van der Waals surface area contributed by atoms with Gasteiger partial charge in [0.05, 0.1) is 0 Å². The molecule has 1 N–H and O–H groups in total. The highest BCUT2D eigenvalue weighted by atomic mass is 16.6. The predicted octanol–water partition coefficient (Wildman–Crippen LogP) is 3.01. The van der Waals surface area contributed by atoms with Crippen LogP contribution in [0.5, 0.6) is 0 Å². The number of carbonyl (C=O) groups is 2. The van der Waals surface area contributed by atoms with Crippen molar-refractivity contribution in [2.45, 2.75) is 52.0 Å². The van der Waals surface area contributed by atoms with Crippen LogP contribution in [0, 0.1) is 0 Å². The first-order chi connectivity index (χ1) is 10.8. The fraction of sp³-hybridized carbons (Fsp3) is 0.529. The van der Waals surface area contributed by atoms with Crippen LogP contribution in [0.15, 0.2) is 30.3 Å². The lowest BCUT2D eigenvalue weighted by Crippen LogP contribution is -2.37. The fourth-order valence-electron chi connectivity index (χ4n) is 1.79. The monoisotopic (exact) mass is 323 g/mol. The van der Waals surface area contributed by atoms with Gasteiger partial charge in [0.15, 0.2) is 0 Å². The first-order valence-electron chi connectivity index (χ1n) is 7.52. The summed E-state index contributed by atoms with van der Waals surface area (Å²) in [7, 11) is 1.46. The van der Waals surface area contributed by atoms with Gasteiger partial charge in [-0.25, -0.2) is 4.79 Å². The third kappa shape index (κ3) is 8.83. The molecule has 1 unspecified atom stereocenters. The summed E-state index contributed by atoms with van der Waals surface area (Å²) < 4.78 is 15.4. The van der Waals surface area contributed by atoms with Crippen molar-refractivity contribution in [3.8, 4) is 0 Å². The zero-order valence-electron chi connectivity index (χ0n) is 14.1. The molecule has 1 aromatic carbocycles. The Labute approximate surface area is 137 Å². The molecule has 0 aliphatic heterocycles. The number of nitrogens with one attached hydrogen (secondary N) is 1. The second-order valence-electron chi connectivity index (χ2n) is 6.06. The predicted molar refractivity (Wildman–Crippen MR) is 85.6 cm³/mol. The largest absolute Gasteiger partial charge is 0.460 e. The number of amides is 1. The van der Waals surface area contributed by atoms with E-state index in [1.807, 2.05) is 30.3 Å². The van der Waals surface area contributed by atoms with E-state index >= 15 is 0 Å². The van der Waals surface area contributed by atoms with Crippen molar-refractivity contribution in [3.05, 3.63) is 35.9 Å². The van der Waals surface area contributed by atoms with Gasteiger partial charge in [0.25, 0.3) is 0 Å². The lowest BCUT2D eigenvalue weighted by molar-refractivity contribution is -0.155. The molecule has 23 heavy (non-hydrogen) atoms. The molecule has 0 aromatic heterocycles. The van der Waals surface area contributed by atoms with Crippen LogP contribution in [-0.2, 0) is 25.6 Å². The van der Waals surface area contributed by atoms with Crippen LogP contribution in [0.1, 0.15) is 39.2 Å². The quantitative estimate of drug-likeness (QED) is 0.617. The van der Waals surface area contributed by atoms with Crippen molar-refractivity contribution in [1.29, 1.82) is 0 Å². The molecular formula is C17H25NO5. The number of benzene rings is 1. The average molecular weight is 323 g/mol. The molecule has 0 saturated heterocycles. The van der Waals surface area contributed by atoms with Crippen molar-refractivity contribution >= 4 is 12.1 Å². The van der Waals surface area contributed by atoms with Gasteiger partial charge in [-0.05, 0) is 26.3 Å². The van der Waals surface area contributed by atoms with Gasteiger partial charge in [0.2, 0.25) is 0 Å². The van der Waals surface area contributed by atoms with Gasteiger partial charge in [-0.1, -0.05) is 30.3 Å². The molecular weight excluding hydrogens is 298 g/mol. The number of esters is 1. The van der Waals surface area contributed by atoms with E-state index in [2.05, 4.69) is 5.32 Å². The van der Waals surface area contributed by atoms with Crippen LogP contribution < -0.4 is 5.32 Å². The second kappa shape index (κ2) is 9.15. The lowest BCUT2D eigenvalue weighted by Gasteiger charge is -2.21. The standard InChI is InChI=1S/C17H25NO5/c1-17(2,3)23-15(19)11-10-14(21-4)18-16(20)22-12-13-8-6-5-7-9-13/h5-9,14H,10-12H2,1-4H3,(H,18,20). The lowest BCUT2D eigenvalue weighted by atomic mass is 10.2. The van der Waals surface area contributed by atoms with Gasteiger partial charge < -0.3 is 14.2 Å². The molecule has 6 nitrogen and oxygen atoms in total. The summed E-state index contributed by atoms with van der Waals surface area (Å²) in [5.41, 5.74) is 0.368. The molecule has 0 heterocycles. The number of rotatable bonds is 7. The Morgan fingerprint density at radius 2 is 1.83 bits per heavy atom. The molecule has 0 saturated carbocycles. The molecule has 0 aliphatic rings. The minimum atomic E-state index is -0.606. The van der Waals surface area contributed by atoms with Crippen LogP contribution in [0.2, 0.25) is 0 Å². The van der Waals surface area contributed by atoms with E-state index in [0.717, 1.165) is 5.56 Å². The zero-order chi connectivity index (χ0) is 17.3. The van der Waals surface area contributed by atoms with Gasteiger partial charge in [0.1, 0.15) is 18.4 Å². The molecule has 1 aromatic rings. The Bertz CT molecular complexity index is 495. The summed E-state index contributed by atoms with van der Waals surface area (Å²) in [4.78, 5) is 23.4. The molecule has 0 fully saturated rings. The SMILES string of the molecule is COC(CCC(=O)OC(C)(C)C)NC(=O)OCc1ccccc1. The molecule has 1 atom stereocenters. The van der Waals surface area contributed by atoms with Crippen molar-refractivity contribution < 1.29 is 23.8 Å².